The van der Waals surface area contributed by atoms with Crippen LogP contribution >= 0.6 is 11.3 Å². The molecule has 4 N–H and O–H groups in total. The average Bonchev–Trinajstić information content (AvgIpc) is 3.75. The quantitative estimate of drug-likeness (QED) is 0.119. The van der Waals surface area contributed by atoms with Crippen molar-refractivity contribution in [3.63, 3.8) is 0 Å². The summed E-state index contributed by atoms with van der Waals surface area (Å²) < 4.78 is 11.1. The highest BCUT2D eigenvalue weighted by molar-refractivity contribution is 7.13. The van der Waals surface area contributed by atoms with Crippen LogP contribution in [0.15, 0.2) is 72.2 Å². The Labute approximate surface area is 314 Å². The zero-order valence-electron chi connectivity index (χ0n) is 30.7. The first kappa shape index (κ1) is 39.5. The van der Waals surface area contributed by atoms with Crippen LogP contribution in [0, 0.1) is 12.3 Å². The number of aromatic nitrogens is 1. The third-order valence-corrected chi connectivity index (χ3v) is 10.1. The number of aliphatic hydroxyl groups excluding tert-OH is 1. The normalized spacial score (nSPS) is 16.4. The highest BCUT2D eigenvalue weighted by Gasteiger charge is 2.44. The van der Waals surface area contributed by atoms with Crippen molar-refractivity contribution in [2.45, 2.75) is 71.7 Å². The van der Waals surface area contributed by atoms with Crippen LogP contribution in [0.5, 0.6) is 0 Å². The zero-order chi connectivity index (χ0) is 38.0. The van der Waals surface area contributed by atoms with Crippen molar-refractivity contribution < 1.29 is 33.8 Å². The molecule has 1 aliphatic rings. The van der Waals surface area contributed by atoms with E-state index < -0.39 is 29.5 Å². The van der Waals surface area contributed by atoms with Gasteiger partial charge < -0.3 is 35.4 Å². The number of hydrogen-bond donors (Lipinski definition) is 4. The SMILES string of the molecule is Cc1ncsc1-c1ccc(CNC(=O)[C@@H]2C[C@@H](O)CN2C(=O)[C@@H](NC(=O)CCOCCOCCC(=O)Nc2cccc3ccccc23)C(C)(C)C)cc1. The fourth-order valence-electron chi connectivity index (χ4n) is 6.21. The molecular weight excluding hydrogens is 695 g/mol. The monoisotopic (exact) mass is 743 g/mol. The van der Waals surface area contributed by atoms with Crippen molar-refractivity contribution in [2.75, 3.05) is 38.3 Å². The minimum atomic E-state index is -0.929. The Hall–Kier alpha value is -4.69. The fraction of sp³-hybridized carbons (Fsp3) is 0.425. The number of ether oxygens (including phenoxy) is 2. The van der Waals surface area contributed by atoms with E-state index >= 15 is 0 Å². The summed E-state index contributed by atoms with van der Waals surface area (Å²) in [6, 6.07) is 19.7. The maximum Gasteiger partial charge on any atom is 0.246 e. The van der Waals surface area contributed by atoms with Crippen molar-refractivity contribution in [2.24, 2.45) is 5.41 Å². The number of fused-ring (bicyclic) bond motifs is 1. The Morgan fingerprint density at radius 1 is 0.925 bits per heavy atom. The standard InChI is InChI=1S/C40H49N5O7S/c1-26-36(53-25-42-26)29-14-12-27(13-15-29)23-41-38(49)33-22-30(46)24-45(33)39(50)37(40(2,3)4)44-35(48)17-19-52-21-20-51-18-16-34(47)43-32-11-7-9-28-8-5-6-10-31(28)32/h5-15,25,30,33,37,46H,16-24H2,1-4H3,(H,41,49)(H,43,47)(H,44,48)/t30-,33+,37-/m1/s1. The fourth-order valence-corrected chi connectivity index (χ4v) is 7.02. The molecule has 1 fully saturated rings. The number of benzene rings is 3. The number of aliphatic hydroxyl groups is 1. The Bertz CT molecular complexity index is 1870. The van der Waals surface area contributed by atoms with E-state index in [1.807, 2.05) is 99.9 Å². The molecule has 12 nitrogen and oxygen atoms in total. The minimum absolute atomic E-state index is 0.00377. The van der Waals surface area contributed by atoms with Crippen LogP contribution in [0.25, 0.3) is 21.2 Å². The third-order valence-electron chi connectivity index (χ3n) is 9.09. The molecule has 0 aliphatic carbocycles. The lowest BCUT2D eigenvalue weighted by atomic mass is 9.85. The number of nitrogens with one attached hydrogen (secondary N) is 3. The molecule has 4 aromatic rings. The van der Waals surface area contributed by atoms with Crippen molar-refractivity contribution in [1.82, 2.24) is 20.5 Å². The molecule has 2 heterocycles. The van der Waals surface area contributed by atoms with Crippen molar-refractivity contribution in [3.05, 3.63) is 83.5 Å². The summed E-state index contributed by atoms with van der Waals surface area (Å²) in [6.07, 6.45) is -0.549. The van der Waals surface area contributed by atoms with E-state index in [9.17, 15) is 24.3 Å². The number of likely N-dealkylation sites (tertiary alicyclic amines) is 1. The molecule has 0 spiro atoms. The molecular formula is C40H49N5O7S. The van der Waals surface area contributed by atoms with Crippen LogP contribution in [-0.4, -0.2) is 89.8 Å². The van der Waals surface area contributed by atoms with Crippen LogP contribution in [0.1, 0.15) is 51.3 Å². The lowest BCUT2D eigenvalue weighted by Gasteiger charge is -2.35. The third kappa shape index (κ3) is 10.9. The largest absolute Gasteiger partial charge is 0.391 e. The number of β-amino-alcohol motifs (C(OH)–C–C–N with tert-alkyl or cyclic N) is 1. The molecule has 282 valence electrons. The molecule has 1 saturated heterocycles. The number of hydrogen-bond acceptors (Lipinski definition) is 9. The Balaban J connectivity index is 1.02. The van der Waals surface area contributed by atoms with Crippen molar-refractivity contribution >= 4 is 51.4 Å². The van der Waals surface area contributed by atoms with E-state index in [0.717, 1.165) is 38.2 Å². The number of thiazole rings is 1. The molecule has 4 amide bonds. The van der Waals surface area contributed by atoms with Gasteiger partial charge in [-0.25, -0.2) is 4.98 Å². The first-order valence-electron chi connectivity index (χ1n) is 17.9. The maximum absolute atomic E-state index is 13.9. The predicted molar refractivity (Wildman–Crippen MR) is 205 cm³/mol. The maximum atomic E-state index is 13.9. The zero-order valence-corrected chi connectivity index (χ0v) is 31.5. The van der Waals surface area contributed by atoms with E-state index in [-0.39, 0.29) is 76.5 Å². The summed E-state index contributed by atoms with van der Waals surface area (Å²) in [5.41, 5.74) is 4.81. The second-order valence-corrected chi connectivity index (χ2v) is 15.1. The van der Waals surface area contributed by atoms with Gasteiger partial charge in [0.05, 0.1) is 55.0 Å². The van der Waals surface area contributed by atoms with Gasteiger partial charge in [-0.15, -0.1) is 11.3 Å². The summed E-state index contributed by atoms with van der Waals surface area (Å²) in [4.78, 5) is 59.4. The molecule has 13 heteroatoms. The molecule has 0 bridgehead atoms. The molecule has 3 aromatic carbocycles. The van der Waals surface area contributed by atoms with E-state index in [4.69, 9.17) is 9.47 Å². The summed E-state index contributed by atoms with van der Waals surface area (Å²) in [5.74, 6) is -1.31. The van der Waals surface area contributed by atoms with E-state index in [1.54, 1.807) is 11.3 Å². The number of aryl methyl sites for hydroxylation is 1. The minimum Gasteiger partial charge on any atom is -0.391 e. The lowest BCUT2D eigenvalue weighted by Crippen LogP contribution is -2.57. The molecule has 1 aromatic heterocycles. The van der Waals surface area contributed by atoms with Crippen LogP contribution in [0.2, 0.25) is 0 Å². The smallest absolute Gasteiger partial charge is 0.246 e. The average molecular weight is 744 g/mol. The summed E-state index contributed by atoms with van der Waals surface area (Å²) in [6.45, 7) is 8.56. The summed E-state index contributed by atoms with van der Waals surface area (Å²) >= 11 is 1.57. The Morgan fingerprint density at radius 3 is 2.28 bits per heavy atom. The van der Waals surface area contributed by atoms with Gasteiger partial charge in [-0.3, -0.25) is 19.2 Å². The van der Waals surface area contributed by atoms with Gasteiger partial charge in [0.25, 0.3) is 0 Å². The highest BCUT2D eigenvalue weighted by atomic mass is 32.1. The number of carbonyl (C=O) groups excluding carboxylic acids is 4. The van der Waals surface area contributed by atoms with E-state index in [2.05, 4.69) is 20.9 Å². The number of rotatable bonds is 16. The molecule has 0 saturated carbocycles. The van der Waals surface area contributed by atoms with Gasteiger partial charge in [0.2, 0.25) is 23.6 Å². The van der Waals surface area contributed by atoms with Gasteiger partial charge in [-0.05, 0) is 34.9 Å². The number of amides is 4. The summed E-state index contributed by atoms with van der Waals surface area (Å²) in [5, 5.41) is 21.2. The Morgan fingerprint density at radius 2 is 1.60 bits per heavy atom. The van der Waals surface area contributed by atoms with E-state index in [1.165, 1.54) is 4.90 Å². The number of nitrogens with zero attached hydrogens (tertiary/aromatic N) is 2. The molecule has 53 heavy (non-hydrogen) atoms. The second kappa shape index (κ2) is 18.4. The highest BCUT2D eigenvalue weighted by Crippen LogP contribution is 2.28. The first-order chi connectivity index (χ1) is 25.4. The van der Waals surface area contributed by atoms with Gasteiger partial charge in [0.1, 0.15) is 12.1 Å². The van der Waals surface area contributed by atoms with Gasteiger partial charge in [0.15, 0.2) is 0 Å². The molecule has 3 atom stereocenters. The molecule has 0 radical (unpaired) electrons. The van der Waals surface area contributed by atoms with Crippen LogP contribution in [0.3, 0.4) is 0 Å². The van der Waals surface area contributed by atoms with Crippen LogP contribution in [0.4, 0.5) is 5.69 Å². The van der Waals surface area contributed by atoms with Gasteiger partial charge in [-0.1, -0.05) is 81.4 Å². The van der Waals surface area contributed by atoms with Gasteiger partial charge in [0, 0.05) is 37.0 Å². The topological polar surface area (TPSA) is 159 Å². The Kier molecular flexibility index (Phi) is 13.7. The van der Waals surface area contributed by atoms with Crippen molar-refractivity contribution in [1.29, 1.82) is 0 Å². The first-order valence-corrected chi connectivity index (χ1v) is 18.8. The van der Waals surface area contributed by atoms with Gasteiger partial charge in [-0.2, -0.15) is 0 Å². The molecule has 1 aliphatic heterocycles. The molecule has 5 rings (SSSR count). The van der Waals surface area contributed by atoms with Crippen molar-refractivity contribution in [3.8, 4) is 10.4 Å². The predicted octanol–water partition coefficient (Wildman–Crippen LogP) is 4.83. The second-order valence-electron chi connectivity index (χ2n) is 14.2. The molecule has 0 unspecified atom stereocenters. The number of anilines is 1. The number of carbonyl (C=O) groups is 4. The van der Waals surface area contributed by atoms with Crippen LogP contribution < -0.4 is 16.0 Å². The summed E-state index contributed by atoms with van der Waals surface area (Å²) in [7, 11) is 0. The van der Waals surface area contributed by atoms with Gasteiger partial charge >= 0.3 is 0 Å². The lowest BCUT2D eigenvalue weighted by molar-refractivity contribution is -0.144. The van der Waals surface area contributed by atoms with E-state index in [0.29, 0.717) is 0 Å². The van der Waals surface area contributed by atoms with Crippen LogP contribution in [-0.2, 0) is 35.2 Å².